The molecule has 1 atom stereocenters. The summed E-state index contributed by atoms with van der Waals surface area (Å²) < 4.78 is 13.5. The summed E-state index contributed by atoms with van der Waals surface area (Å²) >= 11 is 0. The SMILES string of the molecule is N=C/C(=C\N)c1ccc2cnc(C(=O)NC(CCO)c3cccc(F)c3)cc2c1. The molecule has 7 heteroatoms. The van der Waals surface area contributed by atoms with E-state index in [4.69, 9.17) is 11.1 Å². The van der Waals surface area contributed by atoms with E-state index in [0.29, 0.717) is 11.1 Å². The molecule has 5 N–H and O–H groups in total. The molecule has 0 bridgehead atoms. The lowest BCUT2D eigenvalue weighted by Crippen LogP contribution is -2.30. The molecule has 0 aliphatic heterocycles. The highest BCUT2D eigenvalue weighted by atomic mass is 19.1. The van der Waals surface area contributed by atoms with Gasteiger partial charge >= 0.3 is 0 Å². The predicted molar refractivity (Wildman–Crippen MR) is 111 cm³/mol. The van der Waals surface area contributed by atoms with Crippen LogP contribution in [0.2, 0.25) is 0 Å². The van der Waals surface area contributed by atoms with E-state index in [1.54, 1.807) is 24.4 Å². The zero-order valence-electron chi connectivity index (χ0n) is 15.6. The Balaban J connectivity index is 1.89. The van der Waals surface area contributed by atoms with Gasteiger partial charge in [0.15, 0.2) is 0 Å². The summed E-state index contributed by atoms with van der Waals surface area (Å²) in [6.45, 7) is -0.159. The van der Waals surface area contributed by atoms with E-state index < -0.39 is 17.8 Å². The fraction of sp³-hybridized carbons (Fsp3) is 0.136. The van der Waals surface area contributed by atoms with E-state index in [2.05, 4.69) is 10.3 Å². The molecule has 0 radical (unpaired) electrons. The number of nitrogens with two attached hydrogens (primary N) is 1. The highest BCUT2D eigenvalue weighted by molar-refractivity contribution is 6.09. The van der Waals surface area contributed by atoms with Crippen molar-refractivity contribution >= 4 is 28.5 Å². The molecule has 0 aliphatic carbocycles. The number of nitrogens with one attached hydrogen (secondary N) is 2. The largest absolute Gasteiger partial charge is 0.404 e. The number of allylic oxidation sites excluding steroid dienone is 1. The van der Waals surface area contributed by atoms with Gasteiger partial charge in [-0.05, 0) is 47.2 Å². The topological polar surface area (TPSA) is 112 Å². The lowest BCUT2D eigenvalue weighted by atomic mass is 10.0. The van der Waals surface area contributed by atoms with Crippen LogP contribution in [0.1, 0.15) is 34.1 Å². The van der Waals surface area contributed by atoms with E-state index in [-0.39, 0.29) is 18.7 Å². The fourth-order valence-corrected chi connectivity index (χ4v) is 3.08. The van der Waals surface area contributed by atoms with Crippen LogP contribution in [0.25, 0.3) is 16.3 Å². The third kappa shape index (κ3) is 4.64. The molecule has 0 saturated heterocycles. The minimum absolute atomic E-state index is 0.159. The van der Waals surface area contributed by atoms with Gasteiger partial charge in [-0.1, -0.05) is 24.3 Å². The number of aliphatic hydroxyl groups excluding tert-OH is 1. The lowest BCUT2D eigenvalue weighted by molar-refractivity contribution is 0.0925. The van der Waals surface area contributed by atoms with Gasteiger partial charge in [-0.25, -0.2) is 4.39 Å². The number of pyridine rings is 1. The number of halogens is 1. The number of fused-ring (bicyclic) bond motifs is 1. The van der Waals surface area contributed by atoms with Crippen LogP contribution in [0.4, 0.5) is 4.39 Å². The van der Waals surface area contributed by atoms with Crippen molar-refractivity contribution in [1.82, 2.24) is 10.3 Å². The van der Waals surface area contributed by atoms with Gasteiger partial charge in [-0.2, -0.15) is 0 Å². The Hall–Kier alpha value is -3.58. The Morgan fingerprint density at radius 2 is 2.07 bits per heavy atom. The van der Waals surface area contributed by atoms with Crippen LogP contribution in [0.5, 0.6) is 0 Å². The number of carbonyl (C=O) groups excluding carboxylic acids is 1. The van der Waals surface area contributed by atoms with Crippen molar-refractivity contribution in [2.75, 3.05) is 6.61 Å². The molecular formula is C22H21FN4O2. The maximum absolute atomic E-state index is 13.5. The summed E-state index contributed by atoms with van der Waals surface area (Å²) in [5.74, 6) is -0.840. The van der Waals surface area contributed by atoms with Crippen molar-refractivity contribution < 1.29 is 14.3 Å². The average molecular weight is 392 g/mol. The molecule has 3 aromatic rings. The third-order valence-electron chi connectivity index (χ3n) is 4.60. The molecule has 0 spiro atoms. The monoisotopic (exact) mass is 392 g/mol. The van der Waals surface area contributed by atoms with E-state index in [9.17, 15) is 14.3 Å². The van der Waals surface area contributed by atoms with Gasteiger partial charge in [0, 0.05) is 36.2 Å². The number of aromatic nitrogens is 1. The summed E-state index contributed by atoms with van der Waals surface area (Å²) in [5, 5.41) is 21.2. The van der Waals surface area contributed by atoms with Crippen LogP contribution in [-0.2, 0) is 0 Å². The highest BCUT2D eigenvalue weighted by Gasteiger charge is 2.17. The molecule has 1 unspecified atom stereocenters. The predicted octanol–water partition coefficient (Wildman–Crippen LogP) is 3.18. The Labute approximate surface area is 167 Å². The second kappa shape index (κ2) is 9.07. The van der Waals surface area contributed by atoms with Crippen molar-refractivity contribution in [3.05, 3.63) is 83.6 Å². The number of aliphatic hydroxyl groups is 1. The number of nitrogens with zero attached hydrogens (tertiary/aromatic N) is 1. The Kier molecular flexibility index (Phi) is 6.31. The molecular weight excluding hydrogens is 371 g/mol. The molecule has 0 saturated carbocycles. The van der Waals surface area contributed by atoms with Gasteiger partial charge in [0.05, 0.1) is 6.04 Å². The Morgan fingerprint density at radius 1 is 1.24 bits per heavy atom. The molecule has 148 valence electrons. The smallest absolute Gasteiger partial charge is 0.270 e. The van der Waals surface area contributed by atoms with Crippen molar-refractivity contribution in [1.29, 1.82) is 5.41 Å². The summed E-state index contributed by atoms with van der Waals surface area (Å²) in [6, 6.07) is 12.5. The second-order valence-electron chi connectivity index (χ2n) is 6.49. The van der Waals surface area contributed by atoms with Crippen LogP contribution in [0, 0.1) is 11.2 Å². The zero-order chi connectivity index (χ0) is 20.8. The molecule has 1 heterocycles. The Bertz CT molecular complexity index is 1080. The molecule has 1 aromatic heterocycles. The molecule has 1 amide bonds. The van der Waals surface area contributed by atoms with E-state index in [1.807, 2.05) is 18.2 Å². The van der Waals surface area contributed by atoms with Crippen LogP contribution >= 0.6 is 0 Å². The minimum atomic E-state index is -0.545. The minimum Gasteiger partial charge on any atom is -0.404 e. The molecule has 2 aromatic carbocycles. The van der Waals surface area contributed by atoms with E-state index in [0.717, 1.165) is 22.6 Å². The summed E-state index contributed by atoms with van der Waals surface area (Å²) in [5.41, 5.74) is 7.63. The highest BCUT2D eigenvalue weighted by Crippen LogP contribution is 2.22. The fourth-order valence-electron chi connectivity index (χ4n) is 3.08. The van der Waals surface area contributed by atoms with Crippen LogP contribution in [0.15, 0.2) is 60.9 Å². The van der Waals surface area contributed by atoms with Gasteiger partial charge in [0.2, 0.25) is 0 Å². The van der Waals surface area contributed by atoms with Gasteiger partial charge in [0.25, 0.3) is 5.91 Å². The molecule has 0 fully saturated rings. The molecule has 3 rings (SSSR count). The first kappa shape index (κ1) is 20.2. The maximum atomic E-state index is 13.5. The van der Waals surface area contributed by atoms with Crippen molar-refractivity contribution in [3.63, 3.8) is 0 Å². The van der Waals surface area contributed by atoms with Gasteiger partial charge < -0.3 is 21.6 Å². The van der Waals surface area contributed by atoms with Crippen molar-refractivity contribution in [3.8, 4) is 0 Å². The van der Waals surface area contributed by atoms with Crippen molar-refractivity contribution in [2.45, 2.75) is 12.5 Å². The molecule has 0 aliphatic rings. The average Bonchev–Trinajstić information content (AvgIpc) is 2.73. The Morgan fingerprint density at radius 3 is 2.76 bits per heavy atom. The number of hydrogen-bond donors (Lipinski definition) is 4. The summed E-state index contributed by atoms with van der Waals surface area (Å²) in [7, 11) is 0. The summed E-state index contributed by atoms with van der Waals surface area (Å²) in [4.78, 5) is 17.0. The number of amides is 1. The van der Waals surface area contributed by atoms with Crippen molar-refractivity contribution in [2.24, 2.45) is 5.73 Å². The van der Waals surface area contributed by atoms with Gasteiger partial charge in [-0.15, -0.1) is 0 Å². The quantitative estimate of drug-likeness (QED) is 0.463. The van der Waals surface area contributed by atoms with Gasteiger partial charge in [0.1, 0.15) is 11.5 Å². The van der Waals surface area contributed by atoms with Crippen LogP contribution < -0.4 is 11.1 Å². The molecule has 29 heavy (non-hydrogen) atoms. The normalized spacial score (nSPS) is 12.6. The first-order valence-corrected chi connectivity index (χ1v) is 9.05. The maximum Gasteiger partial charge on any atom is 0.270 e. The van der Waals surface area contributed by atoms with E-state index in [1.165, 1.54) is 18.3 Å². The first-order chi connectivity index (χ1) is 14.0. The number of carbonyl (C=O) groups is 1. The van der Waals surface area contributed by atoms with Crippen LogP contribution in [-0.4, -0.2) is 28.8 Å². The first-order valence-electron chi connectivity index (χ1n) is 9.05. The standard InChI is InChI=1S/C22H21FN4O2/c23-19-3-1-2-15(9-19)20(6-7-28)27-22(29)21-10-17-8-14(18(11-24)12-25)4-5-16(17)13-26-21/h1-5,8-13,20,24,28H,6-7,25H2,(H,27,29)/b18-12+,24-11?. The number of benzene rings is 2. The number of rotatable bonds is 7. The van der Waals surface area contributed by atoms with E-state index >= 15 is 0 Å². The van der Waals surface area contributed by atoms with Crippen LogP contribution in [0.3, 0.4) is 0 Å². The zero-order valence-corrected chi connectivity index (χ0v) is 15.6. The number of hydrogen-bond acceptors (Lipinski definition) is 5. The molecule has 6 nitrogen and oxygen atoms in total. The third-order valence-corrected chi connectivity index (χ3v) is 4.60. The lowest BCUT2D eigenvalue weighted by Gasteiger charge is -2.18. The second-order valence-corrected chi connectivity index (χ2v) is 6.49. The summed E-state index contributed by atoms with van der Waals surface area (Å²) in [6.07, 6.45) is 4.35. The van der Waals surface area contributed by atoms with Gasteiger partial charge in [-0.3, -0.25) is 9.78 Å².